The van der Waals surface area contributed by atoms with Crippen molar-refractivity contribution in [3.63, 3.8) is 0 Å². The van der Waals surface area contributed by atoms with Crippen molar-refractivity contribution in [2.75, 3.05) is 43.6 Å². The SMILES string of the molecule is CN(CCO)c1nc(Cl)nc(NCCO)n1. The zero-order valence-electron chi connectivity index (χ0n) is 8.89. The van der Waals surface area contributed by atoms with E-state index >= 15 is 0 Å². The minimum atomic E-state index is -0.0227. The van der Waals surface area contributed by atoms with Crippen LogP contribution in [-0.4, -0.2) is 58.5 Å². The predicted octanol–water partition coefficient (Wildman–Crippen LogP) is -0.642. The van der Waals surface area contributed by atoms with Gasteiger partial charge in [-0.25, -0.2) is 0 Å². The van der Waals surface area contributed by atoms with Crippen molar-refractivity contribution in [1.82, 2.24) is 15.0 Å². The molecule has 1 aromatic heterocycles. The number of aliphatic hydroxyl groups excluding tert-OH is 2. The lowest BCUT2D eigenvalue weighted by molar-refractivity contribution is 0.303. The molecule has 0 radical (unpaired) electrons. The molecule has 1 heterocycles. The Labute approximate surface area is 98.1 Å². The molecule has 0 unspecified atom stereocenters. The monoisotopic (exact) mass is 247 g/mol. The summed E-state index contributed by atoms with van der Waals surface area (Å²) in [6.45, 7) is 0.716. The molecule has 8 heteroatoms. The molecule has 0 amide bonds. The molecule has 7 nitrogen and oxygen atoms in total. The topological polar surface area (TPSA) is 94.4 Å². The summed E-state index contributed by atoms with van der Waals surface area (Å²) in [7, 11) is 1.73. The van der Waals surface area contributed by atoms with Crippen LogP contribution >= 0.6 is 11.6 Å². The quantitative estimate of drug-likeness (QED) is 0.615. The van der Waals surface area contributed by atoms with Crippen LogP contribution < -0.4 is 10.2 Å². The van der Waals surface area contributed by atoms with Gasteiger partial charge in [-0.1, -0.05) is 0 Å². The average Bonchev–Trinajstić information content (AvgIpc) is 2.26. The highest BCUT2D eigenvalue weighted by molar-refractivity contribution is 6.28. The summed E-state index contributed by atoms with van der Waals surface area (Å²) in [5.41, 5.74) is 0. The van der Waals surface area contributed by atoms with Crippen LogP contribution in [0.3, 0.4) is 0 Å². The Kier molecular flexibility index (Phi) is 5.17. The van der Waals surface area contributed by atoms with E-state index in [0.717, 1.165) is 0 Å². The van der Waals surface area contributed by atoms with Gasteiger partial charge < -0.3 is 20.4 Å². The average molecular weight is 248 g/mol. The number of nitrogens with one attached hydrogen (secondary N) is 1. The zero-order chi connectivity index (χ0) is 12.0. The fourth-order valence-corrected chi connectivity index (χ4v) is 1.16. The fraction of sp³-hybridized carbons (Fsp3) is 0.625. The second kappa shape index (κ2) is 6.41. The molecule has 16 heavy (non-hydrogen) atoms. The van der Waals surface area contributed by atoms with Gasteiger partial charge in [0.05, 0.1) is 13.2 Å². The van der Waals surface area contributed by atoms with Crippen LogP contribution in [0.1, 0.15) is 0 Å². The summed E-state index contributed by atoms with van der Waals surface area (Å²) >= 11 is 5.72. The highest BCUT2D eigenvalue weighted by Gasteiger charge is 2.08. The Morgan fingerprint density at radius 1 is 1.25 bits per heavy atom. The number of nitrogens with zero attached hydrogens (tertiary/aromatic N) is 4. The largest absolute Gasteiger partial charge is 0.395 e. The van der Waals surface area contributed by atoms with Gasteiger partial charge in [-0.05, 0) is 11.6 Å². The van der Waals surface area contributed by atoms with E-state index in [4.69, 9.17) is 21.8 Å². The number of aromatic nitrogens is 3. The summed E-state index contributed by atoms with van der Waals surface area (Å²) < 4.78 is 0. The Balaban J connectivity index is 2.80. The van der Waals surface area contributed by atoms with Crippen molar-refractivity contribution in [2.24, 2.45) is 0 Å². The van der Waals surface area contributed by atoms with Gasteiger partial charge in [0, 0.05) is 20.1 Å². The third kappa shape index (κ3) is 3.76. The predicted molar refractivity (Wildman–Crippen MR) is 60.8 cm³/mol. The smallest absolute Gasteiger partial charge is 0.231 e. The summed E-state index contributed by atoms with van der Waals surface area (Å²) in [6.07, 6.45) is 0. The highest BCUT2D eigenvalue weighted by atomic mass is 35.5. The lowest BCUT2D eigenvalue weighted by Crippen LogP contribution is -2.24. The van der Waals surface area contributed by atoms with Gasteiger partial charge in [-0.15, -0.1) is 0 Å². The van der Waals surface area contributed by atoms with Crippen molar-refractivity contribution >= 4 is 23.5 Å². The van der Waals surface area contributed by atoms with Crippen molar-refractivity contribution < 1.29 is 10.2 Å². The molecular formula is C8H14ClN5O2. The molecule has 0 atom stereocenters. The first-order chi connectivity index (χ1) is 7.67. The van der Waals surface area contributed by atoms with Gasteiger partial charge in [0.2, 0.25) is 17.2 Å². The van der Waals surface area contributed by atoms with E-state index in [-0.39, 0.29) is 18.5 Å². The number of hydrogen-bond acceptors (Lipinski definition) is 7. The van der Waals surface area contributed by atoms with Crippen LogP contribution in [0.4, 0.5) is 11.9 Å². The van der Waals surface area contributed by atoms with Crippen molar-refractivity contribution in [3.05, 3.63) is 5.28 Å². The minimum absolute atomic E-state index is 0.000790. The maximum absolute atomic E-state index is 8.78. The van der Waals surface area contributed by atoms with Crippen LogP contribution in [0.15, 0.2) is 0 Å². The van der Waals surface area contributed by atoms with Gasteiger partial charge >= 0.3 is 0 Å². The van der Waals surface area contributed by atoms with Gasteiger partial charge in [-0.3, -0.25) is 0 Å². The van der Waals surface area contributed by atoms with Crippen LogP contribution in [0.5, 0.6) is 0 Å². The molecule has 0 aliphatic carbocycles. The first-order valence-electron chi connectivity index (χ1n) is 4.75. The number of likely N-dealkylation sites (N-methyl/N-ethyl adjacent to an activating group) is 1. The summed E-state index contributed by atoms with van der Waals surface area (Å²) in [5, 5.41) is 20.3. The van der Waals surface area contributed by atoms with Gasteiger partial charge in [0.1, 0.15) is 0 Å². The summed E-state index contributed by atoms with van der Waals surface area (Å²) in [5.74, 6) is 0.670. The Hall–Kier alpha value is -1.18. The number of halogens is 1. The highest BCUT2D eigenvalue weighted by Crippen LogP contribution is 2.11. The summed E-state index contributed by atoms with van der Waals surface area (Å²) in [6, 6.07) is 0. The fourth-order valence-electron chi connectivity index (χ4n) is 1.01. The maximum Gasteiger partial charge on any atom is 0.231 e. The third-order valence-electron chi connectivity index (χ3n) is 1.77. The van der Waals surface area contributed by atoms with E-state index in [1.54, 1.807) is 11.9 Å². The number of anilines is 2. The molecule has 0 aromatic carbocycles. The van der Waals surface area contributed by atoms with E-state index in [0.29, 0.717) is 25.0 Å². The molecule has 90 valence electrons. The number of aliphatic hydroxyl groups is 2. The van der Waals surface area contributed by atoms with Crippen LogP contribution in [0.25, 0.3) is 0 Å². The summed E-state index contributed by atoms with van der Waals surface area (Å²) in [4.78, 5) is 13.5. The third-order valence-corrected chi connectivity index (χ3v) is 1.94. The molecule has 0 aliphatic rings. The van der Waals surface area contributed by atoms with Gasteiger partial charge in [0.25, 0.3) is 0 Å². The number of rotatable bonds is 6. The van der Waals surface area contributed by atoms with E-state index in [1.807, 2.05) is 0 Å². The van der Waals surface area contributed by atoms with Gasteiger partial charge in [-0.2, -0.15) is 15.0 Å². The Morgan fingerprint density at radius 2 is 2.00 bits per heavy atom. The normalized spacial score (nSPS) is 10.2. The van der Waals surface area contributed by atoms with E-state index in [1.165, 1.54) is 0 Å². The molecule has 0 spiro atoms. The lowest BCUT2D eigenvalue weighted by atomic mass is 10.6. The maximum atomic E-state index is 8.78. The van der Waals surface area contributed by atoms with Crippen LogP contribution in [0, 0.1) is 0 Å². The molecule has 0 aliphatic heterocycles. The van der Waals surface area contributed by atoms with Crippen molar-refractivity contribution in [1.29, 1.82) is 0 Å². The van der Waals surface area contributed by atoms with Crippen LogP contribution in [0.2, 0.25) is 5.28 Å². The Morgan fingerprint density at radius 3 is 2.62 bits per heavy atom. The zero-order valence-corrected chi connectivity index (χ0v) is 9.65. The van der Waals surface area contributed by atoms with Gasteiger partial charge in [0.15, 0.2) is 0 Å². The Bertz CT molecular complexity index is 338. The standard InChI is InChI=1S/C8H14ClN5O2/c1-14(3-5-16)8-12-6(9)11-7(13-8)10-2-4-15/h15-16H,2-5H2,1H3,(H,10,11,12,13). The lowest BCUT2D eigenvalue weighted by Gasteiger charge is -2.15. The second-order valence-corrected chi connectivity index (χ2v) is 3.36. The van der Waals surface area contributed by atoms with E-state index < -0.39 is 0 Å². The molecule has 3 N–H and O–H groups in total. The first-order valence-corrected chi connectivity index (χ1v) is 5.13. The van der Waals surface area contributed by atoms with E-state index in [9.17, 15) is 0 Å². The molecule has 0 saturated carbocycles. The molecular weight excluding hydrogens is 234 g/mol. The second-order valence-electron chi connectivity index (χ2n) is 3.02. The molecule has 1 aromatic rings. The number of hydrogen-bond donors (Lipinski definition) is 3. The molecule has 0 bridgehead atoms. The molecule has 0 saturated heterocycles. The van der Waals surface area contributed by atoms with Crippen LogP contribution in [-0.2, 0) is 0 Å². The van der Waals surface area contributed by atoms with Crippen molar-refractivity contribution in [3.8, 4) is 0 Å². The van der Waals surface area contributed by atoms with Crippen molar-refractivity contribution in [2.45, 2.75) is 0 Å². The first kappa shape index (κ1) is 12.9. The van der Waals surface area contributed by atoms with E-state index in [2.05, 4.69) is 20.3 Å². The molecule has 1 rings (SSSR count). The minimum Gasteiger partial charge on any atom is -0.395 e. The molecule has 0 fully saturated rings.